The van der Waals surface area contributed by atoms with Crippen LogP contribution in [0.25, 0.3) is 21.3 Å². The molecule has 0 fully saturated rings. The Kier molecular flexibility index (Phi) is 8.54. The number of aryl methyl sites for hydroxylation is 1. The van der Waals surface area contributed by atoms with Gasteiger partial charge >= 0.3 is 5.97 Å². The maximum absolute atomic E-state index is 11.7. The van der Waals surface area contributed by atoms with Crippen molar-refractivity contribution in [2.45, 2.75) is 72.0 Å². The maximum Gasteiger partial charge on any atom is 0.333 e. The molecule has 0 radical (unpaired) electrons. The first-order chi connectivity index (χ1) is 18.0. The molecule has 0 spiro atoms. The quantitative estimate of drug-likeness (QED) is 0.228. The van der Waals surface area contributed by atoms with Gasteiger partial charge in [0.2, 0.25) is 0 Å². The second-order valence-electron chi connectivity index (χ2n) is 10.9. The lowest BCUT2D eigenvalue weighted by atomic mass is 9.87. The van der Waals surface area contributed by atoms with Gasteiger partial charge in [-0.15, -0.1) is 11.3 Å². The number of thiazole rings is 1. The number of fused-ring (bicyclic) bond motifs is 1. The number of nitrogens with zero attached hydrogens (tertiary/aromatic N) is 1. The molecular formula is C32H37NO4S. The van der Waals surface area contributed by atoms with E-state index in [4.69, 9.17) is 14.5 Å². The van der Waals surface area contributed by atoms with Gasteiger partial charge in [-0.1, -0.05) is 75.4 Å². The molecule has 1 heterocycles. The lowest BCUT2D eigenvalue weighted by Gasteiger charge is -2.18. The fraction of sp³-hybridized carbons (Fsp3) is 0.375. The average Bonchev–Trinajstić information content (AvgIpc) is 3.24. The van der Waals surface area contributed by atoms with Crippen LogP contribution in [0, 0.1) is 6.92 Å². The number of carboxylic acid groups (broad SMARTS) is 1. The number of aliphatic carboxylic acids is 1. The minimum Gasteiger partial charge on any atom is -0.493 e. The van der Waals surface area contributed by atoms with Crippen molar-refractivity contribution in [1.29, 1.82) is 0 Å². The summed E-state index contributed by atoms with van der Waals surface area (Å²) in [5.41, 5.74) is 4.56. The highest BCUT2D eigenvalue weighted by Gasteiger charge is 2.22. The lowest BCUT2D eigenvalue weighted by molar-refractivity contribution is -0.153. The molecule has 0 saturated carbocycles. The van der Waals surface area contributed by atoms with Crippen molar-refractivity contribution >= 4 is 28.1 Å². The number of carboxylic acids is 1. The summed E-state index contributed by atoms with van der Waals surface area (Å²) in [7, 11) is 0. The third kappa shape index (κ3) is 6.61. The predicted molar refractivity (Wildman–Crippen MR) is 155 cm³/mol. The van der Waals surface area contributed by atoms with E-state index in [0.717, 1.165) is 38.4 Å². The van der Waals surface area contributed by atoms with E-state index in [1.54, 1.807) is 11.3 Å². The Morgan fingerprint density at radius 3 is 2.32 bits per heavy atom. The van der Waals surface area contributed by atoms with Gasteiger partial charge in [-0.2, -0.15) is 0 Å². The highest BCUT2D eigenvalue weighted by atomic mass is 32.1. The van der Waals surface area contributed by atoms with Gasteiger partial charge in [-0.3, -0.25) is 0 Å². The second-order valence-corrected chi connectivity index (χ2v) is 12.1. The number of ether oxygens (including phenoxy) is 2. The number of carbonyl (C=O) groups is 1. The summed E-state index contributed by atoms with van der Waals surface area (Å²) in [5.74, 6) is -0.168. The minimum atomic E-state index is -0.953. The molecule has 1 N–H and O–H groups in total. The van der Waals surface area contributed by atoms with Gasteiger partial charge in [-0.25, -0.2) is 9.78 Å². The number of benzene rings is 3. The average molecular weight is 532 g/mol. The van der Waals surface area contributed by atoms with E-state index >= 15 is 0 Å². The standard InChI is InChI=1S/C32H37NO4S/c1-20(2)37-29(31(34)35)19-23-13-16-28(26-10-8-7-9-25(23)26)36-18-17-27-21(3)38-30(33-27)22-11-14-24(15-12-22)32(4,5)6/h7-16,20,29H,17-19H2,1-6H3,(H,34,35). The van der Waals surface area contributed by atoms with Gasteiger partial charge < -0.3 is 14.6 Å². The van der Waals surface area contributed by atoms with Crippen LogP contribution in [0.3, 0.4) is 0 Å². The van der Waals surface area contributed by atoms with E-state index in [2.05, 4.69) is 52.0 Å². The number of rotatable bonds is 10. The third-order valence-electron chi connectivity index (χ3n) is 6.58. The van der Waals surface area contributed by atoms with Gasteiger partial charge in [0.15, 0.2) is 6.10 Å². The van der Waals surface area contributed by atoms with Crippen LogP contribution in [-0.2, 0) is 27.8 Å². The fourth-order valence-electron chi connectivity index (χ4n) is 4.51. The van der Waals surface area contributed by atoms with Crippen LogP contribution in [0.4, 0.5) is 0 Å². The molecule has 0 saturated heterocycles. The van der Waals surface area contributed by atoms with Crippen LogP contribution in [0.1, 0.15) is 56.3 Å². The first kappa shape index (κ1) is 27.8. The van der Waals surface area contributed by atoms with Crippen molar-refractivity contribution in [1.82, 2.24) is 4.98 Å². The Labute approximate surface area is 229 Å². The maximum atomic E-state index is 11.7. The number of hydrogen-bond donors (Lipinski definition) is 1. The van der Waals surface area contributed by atoms with E-state index in [0.29, 0.717) is 19.4 Å². The van der Waals surface area contributed by atoms with Crippen molar-refractivity contribution in [3.05, 3.63) is 82.4 Å². The molecule has 4 aromatic rings. The Hall–Kier alpha value is -3.22. The summed E-state index contributed by atoms with van der Waals surface area (Å²) in [6, 6.07) is 20.5. The second kappa shape index (κ2) is 11.7. The van der Waals surface area contributed by atoms with Gasteiger partial charge in [-0.05, 0) is 48.8 Å². The zero-order valence-corrected chi connectivity index (χ0v) is 23.9. The topological polar surface area (TPSA) is 68.7 Å². The van der Waals surface area contributed by atoms with Crippen LogP contribution in [0.2, 0.25) is 0 Å². The van der Waals surface area contributed by atoms with Gasteiger partial charge in [0.05, 0.1) is 18.4 Å². The number of hydrogen-bond acceptors (Lipinski definition) is 5. The fourth-order valence-corrected chi connectivity index (χ4v) is 5.48. The molecule has 0 aliphatic carbocycles. The molecule has 38 heavy (non-hydrogen) atoms. The summed E-state index contributed by atoms with van der Waals surface area (Å²) >= 11 is 1.72. The van der Waals surface area contributed by atoms with E-state index < -0.39 is 12.1 Å². The van der Waals surface area contributed by atoms with Crippen molar-refractivity contribution in [2.24, 2.45) is 0 Å². The molecule has 0 bridgehead atoms. The minimum absolute atomic E-state index is 0.127. The monoisotopic (exact) mass is 531 g/mol. The van der Waals surface area contributed by atoms with E-state index in [1.165, 1.54) is 10.4 Å². The van der Waals surface area contributed by atoms with E-state index in [-0.39, 0.29) is 11.5 Å². The van der Waals surface area contributed by atoms with Gasteiger partial charge in [0, 0.05) is 28.7 Å². The van der Waals surface area contributed by atoms with Crippen molar-refractivity contribution < 1.29 is 19.4 Å². The summed E-state index contributed by atoms with van der Waals surface area (Å²) < 4.78 is 11.9. The molecular weight excluding hydrogens is 494 g/mol. The third-order valence-corrected chi connectivity index (χ3v) is 7.64. The SMILES string of the molecule is Cc1sc(-c2ccc(C(C)(C)C)cc2)nc1CCOc1ccc(CC(OC(C)C)C(=O)O)c2ccccc12. The summed E-state index contributed by atoms with van der Waals surface area (Å²) in [6.45, 7) is 13.0. The number of aromatic nitrogens is 1. The Morgan fingerprint density at radius 2 is 1.68 bits per heavy atom. The molecule has 1 unspecified atom stereocenters. The first-order valence-corrected chi connectivity index (χ1v) is 13.9. The smallest absolute Gasteiger partial charge is 0.333 e. The molecule has 1 atom stereocenters. The van der Waals surface area contributed by atoms with Crippen molar-refractivity contribution in [3.63, 3.8) is 0 Å². The lowest BCUT2D eigenvalue weighted by Crippen LogP contribution is -2.29. The molecule has 5 nitrogen and oxygen atoms in total. The Balaban J connectivity index is 1.47. The van der Waals surface area contributed by atoms with Crippen LogP contribution in [0.5, 0.6) is 5.75 Å². The largest absolute Gasteiger partial charge is 0.493 e. The highest BCUT2D eigenvalue weighted by Crippen LogP contribution is 2.32. The van der Waals surface area contributed by atoms with Gasteiger partial charge in [0.25, 0.3) is 0 Å². The molecule has 4 rings (SSSR count). The molecule has 6 heteroatoms. The molecule has 0 amide bonds. The molecule has 3 aromatic carbocycles. The normalized spacial score (nSPS) is 12.7. The van der Waals surface area contributed by atoms with Crippen molar-refractivity contribution in [2.75, 3.05) is 6.61 Å². The molecule has 1 aromatic heterocycles. The summed E-state index contributed by atoms with van der Waals surface area (Å²) in [6.07, 6.45) is -0.0487. The first-order valence-electron chi connectivity index (χ1n) is 13.1. The molecule has 0 aliphatic heterocycles. The van der Waals surface area contributed by atoms with Crippen LogP contribution in [-0.4, -0.2) is 34.9 Å². The highest BCUT2D eigenvalue weighted by molar-refractivity contribution is 7.15. The Bertz CT molecular complexity index is 1400. The van der Waals surface area contributed by atoms with Crippen LogP contribution in [0.15, 0.2) is 60.7 Å². The zero-order valence-electron chi connectivity index (χ0n) is 23.1. The Morgan fingerprint density at radius 1 is 1.00 bits per heavy atom. The molecule has 0 aliphatic rings. The van der Waals surface area contributed by atoms with Crippen molar-refractivity contribution in [3.8, 4) is 16.3 Å². The zero-order chi connectivity index (χ0) is 27.4. The summed E-state index contributed by atoms with van der Waals surface area (Å²) in [4.78, 5) is 17.9. The van der Waals surface area contributed by atoms with E-state index in [9.17, 15) is 9.90 Å². The predicted octanol–water partition coefficient (Wildman–Crippen LogP) is 7.61. The summed E-state index contributed by atoms with van der Waals surface area (Å²) in [5, 5.41) is 12.6. The van der Waals surface area contributed by atoms with Gasteiger partial charge in [0.1, 0.15) is 10.8 Å². The molecule has 200 valence electrons. The van der Waals surface area contributed by atoms with Crippen LogP contribution >= 0.6 is 11.3 Å². The van der Waals surface area contributed by atoms with E-state index in [1.807, 2.05) is 50.2 Å². The van der Waals surface area contributed by atoms with Crippen LogP contribution < -0.4 is 4.74 Å².